The molecule has 5 nitrogen and oxygen atoms in total. The van der Waals surface area contributed by atoms with E-state index in [1.807, 2.05) is 11.4 Å². The number of thiophene rings is 1. The number of carbonyl (C=O) groups excluding carboxylic acids is 1. The highest BCUT2D eigenvalue weighted by Crippen LogP contribution is 2.24. The number of rotatable bonds is 6. The zero-order valence-corrected chi connectivity index (χ0v) is 16.0. The predicted molar refractivity (Wildman–Crippen MR) is 104 cm³/mol. The molecular weight excluding hydrogens is 354 g/mol. The molecule has 0 spiro atoms. The Labute approximate surface area is 155 Å². The van der Waals surface area contributed by atoms with E-state index in [4.69, 9.17) is 0 Å². The number of hydrogen-bond acceptors (Lipinski definition) is 5. The molecule has 2 heterocycles. The van der Waals surface area contributed by atoms with E-state index in [1.165, 1.54) is 42.4 Å². The topological polar surface area (TPSA) is 64.0 Å². The van der Waals surface area contributed by atoms with Crippen LogP contribution < -0.4 is 10.9 Å². The van der Waals surface area contributed by atoms with Gasteiger partial charge in [-0.15, -0.1) is 17.9 Å². The molecule has 0 saturated heterocycles. The van der Waals surface area contributed by atoms with Gasteiger partial charge in [0.1, 0.15) is 4.70 Å². The number of allylic oxidation sites excluding steroid dienone is 1. The van der Waals surface area contributed by atoms with Gasteiger partial charge in [0.2, 0.25) is 5.91 Å². The molecule has 2 atom stereocenters. The van der Waals surface area contributed by atoms with Crippen molar-refractivity contribution in [3.8, 4) is 0 Å². The molecule has 1 aliphatic carbocycles. The van der Waals surface area contributed by atoms with Gasteiger partial charge in [0.25, 0.3) is 5.56 Å². The highest BCUT2D eigenvalue weighted by molar-refractivity contribution is 7.99. The van der Waals surface area contributed by atoms with Crippen LogP contribution in [0.3, 0.4) is 0 Å². The molecule has 1 saturated carbocycles. The third-order valence-corrected chi connectivity index (χ3v) is 6.50. The first kappa shape index (κ1) is 18.2. The zero-order chi connectivity index (χ0) is 17.8. The second kappa shape index (κ2) is 8.19. The number of thioether (sulfide) groups is 1. The largest absolute Gasteiger partial charge is 0.352 e. The summed E-state index contributed by atoms with van der Waals surface area (Å²) in [6.07, 6.45) is 6.33. The summed E-state index contributed by atoms with van der Waals surface area (Å²) in [5.41, 5.74) is 0.628. The van der Waals surface area contributed by atoms with Crippen molar-refractivity contribution in [3.63, 3.8) is 0 Å². The second-order valence-corrected chi connectivity index (χ2v) is 8.32. The van der Waals surface area contributed by atoms with Crippen LogP contribution in [-0.4, -0.2) is 27.3 Å². The van der Waals surface area contributed by atoms with E-state index in [-0.39, 0.29) is 23.3 Å². The lowest BCUT2D eigenvalue weighted by atomic mass is 9.86. The summed E-state index contributed by atoms with van der Waals surface area (Å²) in [7, 11) is 0. The Balaban J connectivity index is 1.71. The Morgan fingerprint density at radius 3 is 3.08 bits per heavy atom. The first-order valence-electron chi connectivity index (χ1n) is 8.61. The van der Waals surface area contributed by atoms with E-state index in [0.717, 1.165) is 6.42 Å². The van der Waals surface area contributed by atoms with Gasteiger partial charge in [-0.25, -0.2) is 4.98 Å². The van der Waals surface area contributed by atoms with Gasteiger partial charge >= 0.3 is 0 Å². The summed E-state index contributed by atoms with van der Waals surface area (Å²) in [5.74, 6) is 0.804. The van der Waals surface area contributed by atoms with Crippen molar-refractivity contribution >= 4 is 39.2 Å². The SMILES string of the molecule is C=CCn1c(SCC(=O)NC2CCCCC2C)nc2ccsc2c1=O. The van der Waals surface area contributed by atoms with E-state index in [9.17, 15) is 9.59 Å². The van der Waals surface area contributed by atoms with Gasteiger partial charge in [0.05, 0.1) is 11.3 Å². The van der Waals surface area contributed by atoms with E-state index in [1.54, 1.807) is 10.6 Å². The van der Waals surface area contributed by atoms with Crippen LogP contribution >= 0.6 is 23.1 Å². The molecule has 1 fully saturated rings. The quantitative estimate of drug-likeness (QED) is 0.476. The van der Waals surface area contributed by atoms with Crippen LogP contribution in [-0.2, 0) is 11.3 Å². The Morgan fingerprint density at radius 1 is 1.52 bits per heavy atom. The predicted octanol–water partition coefficient (Wildman–Crippen LogP) is 3.43. The highest BCUT2D eigenvalue weighted by atomic mass is 32.2. The minimum atomic E-state index is -0.0660. The number of fused-ring (bicyclic) bond motifs is 1. The summed E-state index contributed by atoms with van der Waals surface area (Å²) in [6, 6.07) is 2.11. The van der Waals surface area contributed by atoms with Crippen LogP contribution in [0.2, 0.25) is 0 Å². The van der Waals surface area contributed by atoms with Gasteiger partial charge in [0.15, 0.2) is 5.16 Å². The van der Waals surface area contributed by atoms with Crippen molar-refractivity contribution in [1.82, 2.24) is 14.9 Å². The van der Waals surface area contributed by atoms with Crippen LogP contribution in [0.4, 0.5) is 0 Å². The summed E-state index contributed by atoms with van der Waals surface area (Å²) in [6.45, 7) is 6.31. The first-order valence-corrected chi connectivity index (χ1v) is 10.5. The molecule has 2 unspecified atom stereocenters. The van der Waals surface area contributed by atoms with Gasteiger partial charge in [-0.3, -0.25) is 14.2 Å². The first-order chi connectivity index (χ1) is 12.1. The van der Waals surface area contributed by atoms with Gasteiger partial charge in [0, 0.05) is 12.6 Å². The van der Waals surface area contributed by atoms with Crippen LogP contribution in [0.15, 0.2) is 34.1 Å². The van der Waals surface area contributed by atoms with Crippen molar-refractivity contribution in [2.24, 2.45) is 5.92 Å². The smallest absolute Gasteiger partial charge is 0.272 e. The van der Waals surface area contributed by atoms with Gasteiger partial charge < -0.3 is 5.32 Å². The van der Waals surface area contributed by atoms with E-state index in [2.05, 4.69) is 23.8 Å². The molecule has 0 aromatic carbocycles. The van der Waals surface area contributed by atoms with Crippen molar-refractivity contribution in [1.29, 1.82) is 0 Å². The summed E-state index contributed by atoms with van der Waals surface area (Å²) in [4.78, 5) is 29.5. The molecule has 1 amide bonds. The fourth-order valence-corrected chi connectivity index (χ4v) is 4.83. The van der Waals surface area contributed by atoms with E-state index >= 15 is 0 Å². The van der Waals surface area contributed by atoms with Gasteiger partial charge in [-0.05, 0) is 30.2 Å². The molecule has 3 rings (SSSR count). The monoisotopic (exact) mass is 377 g/mol. The fourth-order valence-electron chi connectivity index (χ4n) is 3.23. The molecule has 2 aromatic rings. The Morgan fingerprint density at radius 2 is 2.32 bits per heavy atom. The number of nitrogens with one attached hydrogen (secondary N) is 1. The van der Waals surface area contributed by atoms with Crippen molar-refractivity contribution in [2.45, 2.75) is 50.4 Å². The van der Waals surface area contributed by atoms with E-state index < -0.39 is 0 Å². The molecule has 7 heteroatoms. The summed E-state index contributed by atoms with van der Waals surface area (Å²) >= 11 is 2.71. The zero-order valence-electron chi connectivity index (χ0n) is 14.4. The average Bonchev–Trinajstić information content (AvgIpc) is 3.07. The number of amides is 1. The van der Waals surface area contributed by atoms with Crippen molar-refractivity contribution < 1.29 is 4.79 Å². The third-order valence-electron chi connectivity index (χ3n) is 4.63. The Bertz CT molecular complexity index is 827. The molecule has 0 radical (unpaired) electrons. The molecule has 134 valence electrons. The molecule has 25 heavy (non-hydrogen) atoms. The minimum Gasteiger partial charge on any atom is -0.352 e. The van der Waals surface area contributed by atoms with Crippen LogP contribution in [0.25, 0.3) is 10.2 Å². The fraction of sp³-hybridized carbons (Fsp3) is 0.500. The minimum absolute atomic E-state index is 0.00793. The van der Waals surface area contributed by atoms with Crippen molar-refractivity contribution in [3.05, 3.63) is 34.5 Å². The molecule has 0 aliphatic heterocycles. The van der Waals surface area contributed by atoms with Crippen LogP contribution in [0.1, 0.15) is 32.6 Å². The number of hydrogen-bond donors (Lipinski definition) is 1. The lowest BCUT2D eigenvalue weighted by Crippen LogP contribution is -2.41. The molecule has 1 N–H and O–H groups in total. The van der Waals surface area contributed by atoms with Crippen LogP contribution in [0.5, 0.6) is 0 Å². The maximum atomic E-state index is 12.6. The normalized spacial score (nSPS) is 20.5. The summed E-state index contributed by atoms with van der Waals surface area (Å²) in [5, 5.41) is 5.58. The third kappa shape index (κ3) is 4.15. The molecule has 0 bridgehead atoms. The lowest BCUT2D eigenvalue weighted by Gasteiger charge is -2.29. The maximum Gasteiger partial charge on any atom is 0.272 e. The Kier molecular flexibility index (Phi) is 5.96. The molecule has 1 aliphatic rings. The second-order valence-electron chi connectivity index (χ2n) is 6.46. The lowest BCUT2D eigenvalue weighted by molar-refractivity contribution is -0.119. The van der Waals surface area contributed by atoms with Gasteiger partial charge in [-0.2, -0.15) is 0 Å². The van der Waals surface area contributed by atoms with Gasteiger partial charge in [-0.1, -0.05) is 37.6 Å². The highest BCUT2D eigenvalue weighted by Gasteiger charge is 2.23. The molecular formula is C18H23N3O2S2. The standard InChI is InChI=1S/C18H23N3O2S2/c1-3-9-21-17(23)16-14(8-10-24-16)20-18(21)25-11-15(22)19-13-7-5-4-6-12(13)2/h3,8,10,12-13H,1,4-7,9,11H2,2H3,(H,19,22). The maximum absolute atomic E-state index is 12.6. The van der Waals surface area contributed by atoms with Crippen LogP contribution in [0, 0.1) is 5.92 Å². The number of carbonyl (C=O) groups is 1. The number of nitrogens with zero attached hydrogens (tertiary/aromatic N) is 2. The number of aromatic nitrogens is 2. The summed E-state index contributed by atoms with van der Waals surface area (Å²) < 4.78 is 2.24. The molecule has 2 aromatic heterocycles. The average molecular weight is 378 g/mol. The van der Waals surface area contributed by atoms with Crippen molar-refractivity contribution in [2.75, 3.05) is 5.75 Å². The van der Waals surface area contributed by atoms with E-state index in [0.29, 0.717) is 27.8 Å². The Hall–Kier alpha value is -1.60.